The fraction of sp³-hybridized carbons (Fsp3) is 0.353. The van der Waals surface area contributed by atoms with E-state index < -0.39 is 11.6 Å². The molecule has 1 unspecified atom stereocenters. The van der Waals surface area contributed by atoms with Gasteiger partial charge in [-0.05, 0) is 59.7 Å². The first-order valence-corrected chi connectivity index (χ1v) is 8.58. The van der Waals surface area contributed by atoms with Crippen molar-refractivity contribution in [1.82, 2.24) is 15.1 Å². The number of hydrogen-bond acceptors (Lipinski definition) is 3. The second-order valence-corrected chi connectivity index (χ2v) is 6.89. The number of nitrogens with zero attached hydrogens (tertiary/aromatic N) is 2. The predicted molar refractivity (Wildman–Crippen MR) is 89.8 cm³/mol. The third-order valence-electron chi connectivity index (χ3n) is 4.25. The molecule has 1 aromatic carbocycles. The van der Waals surface area contributed by atoms with Crippen molar-refractivity contribution in [1.29, 1.82) is 0 Å². The Hall–Kier alpha value is -1.99. The van der Waals surface area contributed by atoms with E-state index in [4.69, 9.17) is 0 Å². The highest BCUT2D eigenvalue weighted by Gasteiger charge is 2.26. The molecule has 0 radical (unpaired) electrons. The fourth-order valence-electron chi connectivity index (χ4n) is 2.89. The van der Waals surface area contributed by atoms with Gasteiger partial charge in [0.2, 0.25) is 0 Å². The van der Waals surface area contributed by atoms with Crippen molar-refractivity contribution in [2.75, 3.05) is 20.6 Å². The molecular weight excluding hydrogens is 332 g/mol. The van der Waals surface area contributed by atoms with Crippen LogP contribution in [0.2, 0.25) is 0 Å². The number of halogens is 2. The number of benzene rings is 1. The summed E-state index contributed by atoms with van der Waals surface area (Å²) in [4.78, 5) is 16.0. The molecule has 0 bridgehead atoms. The van der Waals surface area contributed by atoms with Crippen LogP contribution in [-0.4, -0.2) is 36.5 Å². The van der Waals surface area contributed by atoms with Gasteiger partial charge in [0.1, 0.15) is 0 Å². The number of hydrogen-bond donors (Lipinski definition) is 1. The van der Waals surface area contributed by atoms with E-state index in [0.29, 0.717) is 30.8 Å². The van der Waals surface area contributed by atoms with Gasteiger partial charge in [0.05, 0.1) is 6.04 Å². The van der Waals surface area contributed by atoms with Crippen molar-refractivity contribution >= 4 is 17.4 Å². The van der Waals surface area contributed by atoms with E-state index in [-0.39, 0.29) is 12.1 Å². The summed E-state index contributed by atoms with van der Waals surface area (Å²) in [7, 11) is 3.93. The fourth-order valence-corrected chi connectivity index (χ4v) is 3.60. The van der Waals surface area contributed by atoms with Crippen molar-refractivity contribution in [3.8, 4) is 0 Å². The molecule has 1 aliphatic rings. The first kappa shape index (κ1) is 16.9. The van der Waals surface area contributed by atoms with E-state index in [2.05, 4.69) is 10.7 Å². The molecule has 0 aliphatic carbocycles. The second kappa shape index (κ2) is 6.86. The maximum absolute atomic E-state index is 13.3. The first-order chi connectivity index (χ1) is 11.5. The molecule has 1 N–H and O–H groups in total. The Kier molecular flexibility index (Phi) is 4.82. The molecule has 2 aromatic rings. The molecule has 128 valence electrons. The largest absolute Gasteiger partial charge is 0.336 e. The lowest BCUT2D eigenvalue weighted by Gasteiger charge is -2.25. The van der Waals surface area contributed by atoms with Crippen LogP contribution in [0.15, 0.2) is 29.0 Å². The Balaban J connectivity index is 1.62. The topological polar surface area (TPSA) is 35.6 Å². The maximum Gasteiger partial charge on any atom is 0.318 e. The second-order valence-electron chi connectivity index (χ2n) is 6.11. The van der Waals surface area contributed by atoms with Gasteiger partial charge in [-0.25, -0.2) is 13.6 Å². The third-order valence-corrected chi connectivity index (χ3v) is 4.95. The molecule has 0 fully saturated rings. The average molecular weight is 351 g/mol. The zero-order valence-electron chi connectivity index (χ0n) is 13.6. The Morgan fingerprint density at radius 3 is 2.42 bits per heavy atom. The van der Waals surface area contributed by atoms with Crippen molar-refractivity contribution in [2.45, 2.75) is 19.1 Å². The number of rotatable bonds is 4. The van der Waals surface area contributed by atoms with Gasteiger partial charge in [0.15, 0.2) is 11.6 Å². The monoisotopic (exact) mass is 351 g/mol. The minimum Gasteiger partial charge on any atom is -0.336 e. The minimum absolute atomic E-state index is 0.0834. The van der Waals surface area contributed by atoms with Crippen molar-refractivity contribution in [3.63, 3.8) is 0 Å². The lowest BCUT2D eigenvalue weighted by molar-refractivity contribution is 0.193. The van der Waals surface area contributed by atoms with E-state index in [1.807, 2.05) is 30.4 Å². The van der Waals surface area contributed by atoms with Crippen molar-refractivity contribution < 1.29 is 13.6 Å². The summed E-state index contributed by atoms with van der Waals surface area (Å²) in [5, 5.41) is 6.99. The summed E-state index contributed by atoms with van der Waals surface area (Å²) in [5.41, 5.74) is 2.47. The van der Waals surface area contributed by atoms with Crippen LogP contribution in [0.5, 0.6) is 0 Å². The standard InChI is InChI=1S/C17H19F2N3OS/c1-21(2)16(11-3-4-24-10-11)7-20-17(23)22-8-12-5-14(18)15(19)6-13(12)9-22/h3-6,10,16H,7-9H2,1-2H3,(H,20,23). The molecule has 0 saturated heterocycles. The van der Waals surface area contributed by atoms with E-state index >= 15 is 0 Å². The van der Waals surface area contributed by atoms with Crippen LogP contribution in [-0.2, 0) is 13.1 Å². The number of likely N-dealkylation sites (N-methyl/N-ethyl adjacent to an activating group) is 1. The van der Waals surface area contributed by atoms with Gasteiger partial charge in [-0.2, -0.15) is 11.3 Å². The van der Waals surface area contributed by atoms with Crippen LogP contribution in [0.25, 0.3) is 0 Å². The molecule has 7 heteroatoms. The van der Waals surface area contributed by atoms with Crippen molar-refractivity contribution in [3.05, 3.63) is 57.3 Å². The van der Waals surface area contributed by atoms with E-state index in [9.17, 15) is 13.6 Å². The van der Waals surface area contributed by atoms with Gasteiger partial charge in [-0.1, -0.05) is 0 Å². The van der Waals surface area contributed by atoms with Crippen LogP contribution in [0, 0.1) is 11.6 Å². The third kappa shape index (κ3) is 3.42. The number of carbonyl (C=O) groups is 1. The molecule has 2 heterocycles. The number of nitrogens with one attached hydrogen (secondary N) is 1. The Labute approximate surface area is 143 Å². The van der Waals surface area contributed by atoms with Crippen LogP contribution in [0.3, 0.4) is 0 Å². The summed E-state index contributed by atoms with van der Waals surface area (Å²) >= 11 is 1.62. The maximum atomic E-state index is 13.3. The summed E-state index contributed by atoms with van der Waals surface area (Å²) in [6, 6.07) is 4.24. The average Bonchev–Trinajstić information content (AvgIpc) is 3.17. The Bertz CT molecular complexity index is 703. The summed E-state index contributed by atoms with van der Waals surface area (Å²) in [6.07, 6.45) is 0. The first-order valence-electron chi connectivity index (χ1n) is 7.64. The number of amides is 2. The quantitative estimate of drug-likeness (QED) is 0.917. The van der Waals surface area contributed by atoms with Gasteiger partial charge in [-0.15, -0.1) is 0 Å². The number of carbonyl (C=O) groups excluding carboxylic acids is 1. The molecule has 0 spiro atoms. The molecule has 1 aromatic heterocycles. The predicted octanol–water partition coefficient (Wildman–Crippen LogP) is 3.35. The van der Waals surface area contributed by atoms with Crippen molar-refractivity contribution in [2.24, 2.45) is 0 Å². The molecule has 4 nitrogen and oxygen atoms in total. The molecular formula is C17H19F2N3OS. The van der Waals surface area contributed by atoms with Crippen LogP contribution >= 0.6 is 11.3 Å². The zero-order chi connectivity index (χ0) is 17.3. The number of urea groups is 1. The lowest BCUT2D eigenvalue weighted by atomic mass is 10.1. The minimum atomic E-state index is -0.874. The van der Waals surface area contributed by atoms with E-state index in [0.717, 1.165) is 5.56 Å². The van der Waals surface area contributed by atoms with Crippen LogP contribution in [0.4, 0.5) is 13.6 Å². The summed E-state index contributed by atoms with van der Waals surface area (Å²) < 4.78 is 26.6. The van der Waals surface area contributed by atoms with E-state index in [1.54, 1.807) is 16.2 Å². The Morgan fingerprint density at radius 1 is 1.29 bits per heavy atom. The van der Waals surface area contributed by atoms with Gasteiger partial charge >= 0.3 is 6.03 Å². The number of fused-ring (bicyclic) bond motifs is 1. The summed E-state index contributed by atoms with van der Waals surface area (Å²) in [6.45, 7) is 1.06. The van der Waals surface area contributed by atoms with Gasteiger partial charge < -0.3 is 15.1 Å². The molecule has 1 atom stereocenters. The van der Waals surface area contributed by atoms with Gasteiger partial charge in [-0.3, -0.25) is 0 Å². The van der Waals surface area contributed by atoms with Crippen LogP contribution in [0.1, 0.15) is 22.7 Å². The normalized spacial score (nSPS) is 14.8. The highest BCUT2D eigenvalue weighted by atomic mass is 32.1. The summed E-state index contributed by atoms with van der Waals surface area (Å²) in [5.74, 6) is -1.75. The SMILES string of the molecule is CN(C)C(CNC(=O)N1Cc2cc(F)c(F)cc2C1)c1ccsc1. The number of thiophene rings is 1. The van der Waals surface area contributed by atoms with Gasteiger partial charge in [0, 0.05) is 19.6 Å². The zero-order valence-corrected chi connectivity index (χ0v) is 14.4. The molecule has 1 aliphatic heterocycles. The van der Waals surface area contributed by atoms with E-state index in [1.165, 1.54) is 12.1 Å². The molecule has 0 saturated carbocycles. The Morgan fingerprint density at radius 2 is 1.92 bits per heavy atom. The molecule has 24 heavy (non-hydrogen) atoms. The molecule has 3 rings (SSSR count). The molecule has 2 amide bonds. The highest BCUT2D eigenvalue weighted by Crippen LogP contribution is 2.25. The highest BCUT2D eigenvalue weighted by molar-refractivity contribution is 7.07. The van der Waals surface area contributed by atoms with Crippen LogP contribution < -0.4 is 5.32 Å². The smallest absolute Gasteiger partial charge is 0.318 e. The van der Waals surface area contributed by atoms with Gasteiger partial charge in [0.25, 0.3) is 0 Å². The lowest BCUT2D eigenvalue weighted by Crippen LogP contribution is -2.40.